The topological polar surface area (TPSA) is 3.24 Å². The minimum absolute atomic E-state index is 0.585. The molecule has 2 heteroatoms. The average Bonchev–Trinajstić information content (AvgIpc) is 2.05. The number of nitrogens with zero attached hydrogens (tertiary/aromatic N) is 1. The summed E-state index contributed by atoms with van der Waals surface area (Å²) < 4.78 is 0. The van der Waals surface area contributed by atoms with Gasteiger partial charge in [0.25, 0.3) is 0 Å². The minimum Gasteiger partial charge on any atom is -0.309 e. The Morgan fingerprint density at radius 3 is 2.17 bits per heavy atom. The second-order valence-electron chi connectivity index (χ2n) is 4.43. The van der Waals surface area contributed by atoms with Gasteiger partial charge in [-0.1, -0.05) is 35.2 Å². The minimum atomic E-state index is 0.585. The van der Waals surface area contributed by atoms with Crippen LogP contribution in [0.1, 0.15) is 32.1 Å². The molecule has 0 aromatic rings. The molecule has 1 aliphatic rings. The zero-order valence-electron chi connectivity index (χ0n) is 8.27. The average molecular weight is 234 g/mol. The van der Waals surface area contributed by atoms with E-state index in [2.05, 4.69) is 34.9 Å². The molecule has 1 saturated carbocycles. The second-order valence-corrected chi connectivity index (χ2v) is 4.99. The van der Waals surface area contributed by atoms with Crippen molar-refractivity contribution in [2.75, 3.05) is 26.0 Å². The van der Waals surface area contributed by atoms with Gasteiger partial charge in [-0.2, -0.15) is 0 Å². The van der Waals surface area contributed by atoms with Gasteiger partial charge in [-0.3, -0.25) is 0 Å². The highest BCUT2D eigenvalue weighted by atomic mass is 79.9. The maximum Gasteiger partial charge on any atom is 0.0100 e. The van der Waals surface area contributed by atoms with Crippen LogP contribution in [0.5, 0.6) is 0 Å². The van der Waals surface area contributed by atoms with E-state index in [0.29, 0.717) is 5.41 Å². The third-order valence-electron chi connectivity index (χ3n) is 2.85. The molecule has 12 heavy (non-hydrogen) atoms. The number of halogens is 1. The molecule has 0 aromatic carbocycles. The first-order valence-electron chi connectivity index (χ1n) is 4.89. The van der Waals surface area contributed by atoms with Gasteiger partial charge in [-0.15, -0.1) is 0 Å². The summed E-state index contributed by atoms with van der Waals surface area (Å²) in [6, 6.07) is 0. The molecule has 0 unspecified atom stereocenters. The van der Waals surface area contributed by atoms with E-state index in [1.807, 2.05) is 0 Å². The van der Waals surface area contributed by atoms with Crippen molar-refractivity contribution in [3.05, 3.63) is 0 Å². The Labute approximate surface area is 84.6 Å². The van der Waals surface area contributed by atoms with E-state index in [9.17, 15) is 0 Å². The zero-order valence-corrected chi connectivity index (χ0v) is 9.86. The molecule has 0 heterocycles. The van der Waals surface area contributed by atoms with Crippen molar-refractivity contribution in [3.63, 3.8) is 0 Å². The van der Waals surface area contributed by atoms with Gasteiger partial charge in [0, 0.05) is 11.9 Å². The first-order valence-corrected chi connectivity index (χ1v) is 6.01. The van der Waals surface area contributed by atoms with Crippen molar-refractivity contribution in [3.8, 4) is 0 Å². The highest BCUT2D eigenvalue weighted by Crippen LogP contribution is 2.38. The zero-order chi connectivity index (χ0) is 9.03. The highest BCUT2D eigenvalue weighted by Gasteiger charge is 2.31. The van der Waals surface area contributed by atoms with Gasteiger partial charge in [-0.25, -0.2) is 0 Å². The fraction of sp³-hybridized carbons (Fsp3) is 1.00. The predicted molar refractivity (Wildman–Crippen MR) is 57.9 cm³/mol. The van der Waals surface area contributed by atoms with E-state index in [-0.39, 0.29) is 0 Å². The van der Waals surface area contributed by atoms with Crippen molar-refractivity contribution >= 4 is 15.9 Å². The fourth-order valence-corrected chi connectivity index (χ4v) is 3.04. The Balaban J connectivity index is 2.48. The SMILES string of the molecule is CN(C)CC1(CBr)CCCCC1. The van der Waals surface area contributed by atoms with Crippen LogP contribution in [0.4, 0.5) is 0 Å². The Hall–Kier alpha value is 0.440. The first kappa shape index (κ1) is 10.5. The molecule has 1 nitrogen and oxygen atoms in total. The summed E-state index contributed by atoms with van der Waals surface area (Å²) in [5.74, 6) is 0. The number of rotatable bonds is 3. The van der Waals surface area contributed by atoms with Gasteiger partial charge in [0.05, 0.1) is 0 Å². The van der Waals surface area contributed by atoms with Crippen LogP contribution in [0.2, 0.25) is 0 Å². The van der Waals surface area contributed by atoms with Gasteiger partial charge >= 0.3 is 0 Å². The van der Waals surface area contributed by atoms with Crippen LogP contribution in [0.15, 0.2) is 0 Å². The monoisotopic (exact) mass is 233 g/mol. The molecular formula is C10H20BrN. The lowest BCUT2D eigenvalue weighted by Gasteiger charge is -2.37. The lowest BCUT2D eigenvalue weighted by molar-refractivity contribution is 0.162. The van der Waals surface area contributed by atoms with Gasteiger partial charge < -0.3 is 4.90 Å². The van der Waals surface area contributed by atoms with E-state index in [0.717, 1.165) is 0 Å². The molecule has 0 spiro atoms. The van der Waals surface area contributed by atoms with Gasteiger partial charge in [0.2, 0.25) is 0 Å². The number of alkyl halides is 1. The lowest BCUT2D eigenvalue weighted by Crippen LogP contribution is -2.36. The van der Waals surface area contributed by atoms with Gasteiger partial charge in [0.1, 0.15) is 0 Å². The molecule has 1 rings (SSSR count). The van der Waals surface area contributed by atoms with Crippen molar-refractivity contribution in [2.45, 2.75) is 32.1 Å². The summed E-state index contributed by atoms with van der Waals surface area (Å²) in [5.41, 5.74) is 0.585. The van der Waals surface area contributed by atoms with E-state index < -0.39 is 0 Å². The van der Waals surface area contributed by atoms with Crippen molar-refractivity contribution < 1.29 is 0 Å². The molecular weight excluding hydrogens is 214 g/mol. The predicted octanol–water partition coefficient (Wildman–Crippen LogP) is 2.89. The molecule has 0 N–H and O–H groups in total. The largest absolute Gasteiger partial charge is 0.309 e. The third-order valence-corrected chi connectivity index (χ3v) is 4.04. The maximum atomic E-state index is 3.67. The van der Waals surface area contributed by atoms with E-state index in [1.165, 1.54) is 44.0 Å². The van der Waals surface area contributed by atoms with E-state index in [1.54, 1.807) is 0 Å². The van der Waals surface area contributed by atoms with Crippen LogP contribution in [-0.2, 0) is 0 Å². The van der Waals surface area contributed by atoms with Gasteiger partial charge in [0.15, 0.2) is 0 Å². The Bertz CT molecular complexity index is 128. The number of hydrogen-bond donors (Lipinski definition) is 0. The molecule has 0 saturated heterocycles. The quantitative estimate of drug-likeness (QED) is 0.679. The summed E-state index contributed by atoms with van der Waals surface area (Å²) in [5, 5.41) is 1.18. The van der Waals surface area contributed by atoms with E-state index >= 15 is 0 Å². The van der Waals surface area contributed by atoms with Crippen LogP contribution in [-0.4, -0.2) is 30.9 Å². The standard InChI is InChI=1S/C10H20BrN/c1-12(2)9-10(8-11)6-4-3-5-7-10/h3-9H2,1-2H3. The summed E-state index contributed by atoms with van der Waals surface area (Å²) in [4.78, 5) is 2.33. The van der Waals surface area contributed by atoms with E-state index in [4.69, 9.17) is 0 Å². The summed E-state index contributed by atoms with van der Waals surface area (Å²) >= 11 is 3.67. The molecule has 0 amide bonds. The highest BCUT2D eigenvalue weighted by molar-refractivity contribution is 9.09. The van der Waals surface area contributed by atoms with Crippen molar-refractivity contribution in [1.82, 2.24) is 4.90 Å². The molecule has 72 valence electrons. The van der Waals surface area contributed by atoms with Crippen LogP contribution in [0, 0.1) is 5.41 Å². The second kappa shape index (κ2) is 4.61. The Morgan fingerprint density at radius 1 is 1.17 bits per heavy atom. The van der Waals surface area contributed by atoms with Crippen LogP contribution >= 0.6 is 15.9 Å². The normalized spacial score (nSPS) is 23.0. The van der Waals surface area contributed by atoms with Crippen molar-refractivity contribution in [1.29, 1.82) is 0 Å². The van der Waals surface area contributed by atoms with Crippen LogP contribution in [0.3, 0.4) is 0 Å². The van der Waals surface area contributed by atoms with Crippen LogP contribution < -0.4 is 0 Å². The smallest absolute Gasteiger partial charge is 0.0100 e. The third kappa shape index (κ3) is 2.74. The summed E-state index contributed by atoms with van der Waals surface area (Å²) in [6.45, 7) is 1.25. The maximum absolute atomic E-state index is 3.67. The lowest BCUT2D eigenvalue weighted by atomic mass is 9.75. The molecule has 0 radical (unpaired) electrons. The van der Waals surface area contributed by atoms with Gasteiger partial charge in [-0.05, 0) is 32.4 Å². The molecule has 1 fully saturated rings. The molecule has 0 aromatic heterocycles. The fourth-order valence-electron chi connectivity index (χ4n) is 2.31. The Morgan fingerprint density at radius 2 is 1.75 bits per heavy atom. The number of hydrogen-bond acceptors (Lipinski definition) is 1. The van der Waals surface area contributed by atoms with Crippen molar-refractivity contribution in [2.24, 2.45) is 5.41 Å². The summed E-state index contributed by atoms with van der Waals surface area (Å²) in [7, 11) is 4.36. The van der Waals surface area contributed by atoms with Crippen LogP contribution in [0.25, 0.3) is 0 Å². The molecule has 0 aliphatic heterocycles. The molecule has 1 aliphatic carbocycles. The first-order chi connectivity index (χ1) is 5.68. The molecule has 0 atom stereocenters. The molecule has 0 bridgehead atoms. The Kier molecular flexibility index (Phi) is 4.04. The summed E-state index contributed by atoms with van der Waals surface area (Å²) in [6.07, 6.45) is 7.13.